The lowest BCUT2D eigenvalue weighted by atomic mass is 10.0. The summed E-state index contributed by atoms with van der Waals surface area (Å²) in [6, 6.07) is 13.3. The van der Waals surface area contributed by atoms with E-state index in [1.165, 1.54) is 12.1 Å². The number of rotatable bonds is 12. The normalized spacial score (nSPS) is 14.1. The number of aliphatic hydroxyl groups excluding tert-OH is 1. The average molecular weight is 448 g/mol. The molecule has 1 atom stereocenters. The van der Waals surface area contributed by atoms with Crippen LogP contribution >= 0.6 is 0 Å². The fraction of sp³-hybridized carbons (Fsp3) is 0.391. The Morgan fingerprint density at radius 2 is 1.78 bits per heavy atom. The van der Waals surface area contributed by atoms with Crippen molar-refractivity contribution >= 4 is 11.8 Å². The Morgan fingerprint density at radius 3 is 2.38 bits per heavy atom. The fourth-order valence-electron chi connectivity index (χ4n) is 3.06. The highest BCUT2D eigenvalue weighted by Gasteiger charge is 2.30. The van der Waals surface area contributed by atoms with Crippen LogP contribution in [0.15, 0.2) is 54.6 Å². The van der Waals surface area contributed by atoms with Crippen LogP contribution in [0, 0.1) is 5.92 Å². The molecule has 0 heterocycles. The van der Waals surface area contributed by atoms with E-state index in [0.717, 1.165) is 17.9 Å². The summed E-state index contributed by atoms with van der Waals surface area (Å²) < 4.78 is 29.1. The van der Waals surface area contributed by atoms with Crippen LogP contribution in [0.3, 0.4) is 0 Å². The maximum atomic E-state index is 13.2. The summed E-state index contributed by atoms with van der Waals surface area (Å²) in [4.78, 5) is 31.5. The minimum Gasteiger partial charge on any atom is -0.435 e. The first kappa shape index (κ1) is 23.6. The molecule has 2 aromatic rings. The second-order valence-electron chi connectivity index (χ2n) is 7.52. The molecule has 172 valence electrons. The van der Waals surface area contributed by atoms with Gasteiger partial charge in [-0.15, -0.1) is 0 Å². The monoisotopic (exact) mass is 448 g/mol. The SMILES string of the molecule is O=C(NC(Cc1ccc(OC(F)F)cc1)C(=O)N(CCO)OCC1CC1)c1ccccc1. The number of benzene rings is 2. The molecular weight excluding hydrogens is 422 g/mol. The minimum absolute atomic E-state index is 0.00498. The smallest absolute Gasteiger partial charge is 0.387 e. The third kappa shape index (κ3) is 7.28. The van der Waals surface area contributed by atoms with E-state index >= 15 is 0 Å². The standard InChI is InChI=1S/C23H26F2N2O5/c24-23(25)32-19-10-8-16(9-11-19)14-20(26-21(29)18-4-2-1-3-5-18)22(30)27(12-13-28)31-15-17-6-7-17/h1-5,8-11,17,20,23,28H,6-7,12-15H2,(H,26,29). The van der Waals surface area contributed by atoms with Gasteiger partial charge in [0.05, 0.1) is 19.8 Å². The minimum atomic E-state index is -2.93. The number of carbonyl (C=O) groups is 2. The van der Waals surface area contributed by atoms with Gasteiger partial charge < -0.3 is 15.2 Å². The van der Waals surface area contributed by atoms with Crippen LogP contribution in [0.25, 0.3) is 0 Å². The van der Waals surface area contributed by atoms with Crippen LogP contribution in [0.5, 0.6) is 5.75 Å². The van der Waals surface area contributed by atoms with E-state index in [2.05, 4.69) is 10.1 Å². The zero-order valence-corrected chi connectivity index (χ0v) is 17.5. The largest absolute Gasteiger partial charge is 0.435 e. The number of halogens is 2. The van der Waals surface area contributed by atoms with Crippen molar-refractivity contribution in [2.75, 3.05) is 19.8 Å². The zero-order valence-electron chi connectivity index (χ0n) is 17.5. The molecule has 32 heavy (non-hydrogen) atoms. The van der Waals surface area contributed by atoms with Gasteiger partial charge in [-0.2, -0.15) is 8.78 Å². The summed E-state index contributed by atoms with van der Waals surface area (Å²) in [5, 5.41) is 13.2. The highest BCUT2D eigenvalue weighted by Crippen LogP contribution is 2.29. The lowest BCUT2D eigenvalue weighted by Gasteiger charge is -2.27. The molecule has 2 aromatic carbocycles. The van der Waals surface area contributed by atoms with E-state index < -0.39 is 24.5 Å². The number of hydrogen-bond acceptors (Lipinski definition) is 5. The number of amides is 2. The first-order valence-electron chi connectivity index (χ1n) is 10.4. The van der Waals surface area contributed by atoms with Gasteiger partial charge in [0.2, 0.25) is 0 Å². The maximum Gasteiger partial charge on any atom is 0.387 e. The van der Waals surface area contributed by atoms with Crippen molar-refractivity contribution in [3.63, 3.8) is 0 Å². The number of nitrogens with zero attached hydrogens (tertiary/aromatic N) is 1. The highest BCUT2D eigenvalue weighted by molar-refractivity contribution is 5.97. The highest BCUT2D eigenvalue weighted by atomic mass is 19.3. The van der Waals surface area contributed by atoms with Crippen molar-refractivity contribution in [2.45, 2.75) is 31.9 Å². The van der Waals surface area contributed by atoms with Crippen LogP contribution in [0.4, 0.5) is 8.78 Å². The van der Waals surface area contributed by atoms with E-state index in [9.17, 15) is 23.5 Å². The van der Waals surface area contributed by atoms with E-state index in [0.29, 0.717) is 23.7 Å². The lowest BCUT2D eigenvalue weighted by molar-refractivity contribution is -0.192. The molecule has 0 radical (unpaired) electrons. The number of carbonyl (C=O) groups excluding carboxylic acids is 2. The Hall–Kier alpha value is -3.04. The van der Waals surface area contributed by atoms with Gasteiger partial charge in [0.25, 0.3) is 11.8 Å². The number of nitrogens with one attached hydrogen (secondary N) is 1. The molecule has 1 aliphatic rings. The molecule has 0 spiro atoms. The molecular formula is C23H26F2N2O5. The van der Waals surface area contributed by atoms with E-state index in [1.807, 2.05) is 0 Å². The predicted molar refractivity (Wildman–Crippen MR) is 112 cm³/mol. The van der Waals surface area contributed by atoms with Gasteiger partial charge in [-0.3, -0.25) is 14.4 Å². The molecule has 9 heteroatoms. The number of hydroxylamine groups is 2. The Morgan fingerprint density at radius 1 is 1.09 bits per heavy atom. The number of ether oxygens (including phenoxy) is 1. The van der Waals surface area contributed by atoms with Crippen LogP contribution in [-0.4, -0.2) is 54.4 Å². The molecule has 0 saturated heterocycles. The topological polar surface area (TPSA) is 88.1 Å². The molecule has 0 aliphatic heterocycles. The third-order valence-electron chi connectivity index (χ3n) is 4.94. The van der Waals surface area contributed by atoms with Gasteiger partial charge in [-0.05, 0) is 48.6 Å². The third-order valence-corrected chi connectivity index (χ3v) is 4.94. The number of aliphatic hydroxyl groups is 1. The van der Waals surface area contributed by atoms with Crippen LogP contribution in [0.1, 0.15) is 28.8 Å². The molecule has 3 rings (SSSR count). The van der Waals surface area contributed by atoms with E-state index in [1.54, 1.807) is 42.5 Å². The fourth-order valence-corrected chi connectivity index (χ4v) is 3.06. The first-order valence-corrected chi connectivity index (χ1v) is 10.4. The summed E-state index contributed by atoms with van der Waals surface area (Å²) in [6.45, 7) is -2.90. The quantitative estimate of drug-likeness (QED) is 0.488. The summed E-state index contributed by atoms with van der Waals surface area (Å²) in [5.74, 6) is -0.553. The molecule has 7 nitrogen and oxygen atoms in total. The first-order chi connectivity index (χ1) is 15.5. The Bertz CT molecular complexity index is 876. The Balaban J connectivity index is 1.75. The molecule has 1 saturated carbocycles. The molecule has 1 fully saturated rings. The van der Waals surface area contributed by atoms with Gasteiger partial charge in [0, 0.05) is 12.0 Å². The van der Waals surface area contributed by atoms with Gasteiger partial charge in [0.15, 0.2) is 0 Å². The van der Waals surface area contributed by atoms with Crippen LogP contribution in [-0.2, 0) is 16.1 Å². The Kier molecular flexibility index (Phi) is 8.52. The van der Waals surface area contributed by atoms with E-state index in [-0.39, 0.29) is 25.3 Å². The molecule has 1 unspecified atom stereocenters. The molecule has 2 N–H and O–H groups in total. The van der Waals surface area contributed by atoms with Crippen LogP contribution < -0.4 is 10.1 Å². The summed E-state index contributed by atoms with van der Waals surface area (Å²) in [5.41, 5.74) is 1.02. The summed E-state index contributed by atoms with van der Waals surface area (Å²) >= 11 is 0. The summed E-state index contributed by atoms with van der Waals surface area (Å²) in [7, 11) is 0. The molecule has 2 amide bonds. The van der Waals surface area contributed by atoms with Crippen molar-refractivity contribution in [3.8, 4) is 5.75 Å². The molecule has 0 bridgehead atoms. The van der Waals surface area contributed by atoms with Gasteiger partial charge in [-0.25, -0.2) is 5.06 Å². The average Bonchev–Trinajstić information content (AvgIpc) is 3.61. The van der Waals surface area contributed by atoms with E-state index in [4.69, 9.17) is 4.84 Å². The molecule has 1 aliphatic carbocycles. The number of hydrogen-bond donors (Lipinski definition) is 2. The van der Waals surface area contributed by atoms with Gasteiger partial charge in [-0.1, -0.05) is 30.3 Å². The van der Waals surface area contributed by atoms with Crippen molar-refractivity contribution < 1.29 is 33.1 Å². The van der Waals surface area contributed by atoms with Gasteiger partial charge in [0.1, 0.15) is 11.8 Å². The maximum absolute atomic E-state index is 13.2. The van der Waals surface area contributed by atoms with Crippen molar-refractivity contribution in [2.24, 2.45) is 5.92 Å². The van der Waals surface area contributed by atoms with Crippen LogP contribution in [0.2, 0.25) is 0 Å². The Labute approximate surface area is 184 Å². The zero-order chi connectivity index (χ0) is 22.9. The van der Waals surface area contributed by atoms with Gasteiger partial charge >= 0.3 is 6.61 Å². The lowest BCUT2D eigenvalue weighted by Crippen LogP contribution is -2.50. The number of alkyl halides is 2. The predicted octanol–water partition coefficient (Wildman–Crippen LogP) is 2.79. The second kappa shape index (κ2) is 11.5. The van der Waals surface area contributed by atoms with Crippen molar-refractivity contribution in [1.29, 1.82) is 0 Å². The second-order valence-corrected chi connectivity index (χ2v) is 7.52. The summed E-state index contributed by atoms with van der Waals surface area (Å²) in [6.07, 6.45) is 2.16. The van der Waals surface area contributed by atoms with Crippen molar-refractivity contribution in [3.05, 3.63) is 65.7 Å². The van der Waals surface area contributed by atoms with Crippen molar-refractivity contribution in [1.82, 2.24) is 10.4 Å². The molecule has 0 aromatic heterocycles.